The predicted molar refractivity (Wildman–Crippen MR) is 141 cm³/mol. The molecule has 0 amide bonds. The first-order chi connectivity index (χ1) is 18.0. The van der Waals surface area contributed by atoms with E-state index in [-0.39, 0.29) is 5.56 Å². The van der Waals surface area contributed by atoms with Crippen molar-refractivity contribution in [3.8, 4) is 23.3 Å². The highest BCUT2D eigenvalue weighted by atomic mass is 79.9. The monoisotopic (exact) mass is 582 g/mol. The van der Waals surface area contributed by atoms with Crippen molar-refractivity contribution in [2.24, 2.45) is 0 Å². The van der Waals surface area contributed by atoms with E-state index in [4.69, 9.17) is 20.6 Å². The standard InChI is InChI=1S/C14H9F2N.C7H6BNO2.C7H5BrF2/c1-9-5-12(7-13(15)14(9)16)11-4-2-3-10(6-11)8-17;9-5-6-2-1-3-7(4-6)8(10)11;1-4-2-5(8)3-6(9)7(4)10/h2-7H,1H3;1-4,10-11H;2-3H,1H3. The molecular formula is C28H20BBrF4N2O2. The maximum atomic E-state index is 13.3. The Morgan fingerprint density at radius 3 is 1.74 bits per heavy atom. The Bertz CT molecular complexity index is 1470. The molecular weight excluding hydrogens is 563 g/mol. The summed E-state index contributed by atoms with van der Waals surface area (Å²) in [6.45, 7) is 3.03. The zero-order valence-corrected chi connectivity index (χ0v) is 21.8. The zero-order chi connectivity index (χ0) is 28.4. The van der Waals surface area contributed by atoms with Gasteiger partial charge < -0.3 is 10.0 Å². The molecule has 0 aromatic heterocycles. The zero-order valence-electron chi connectivity index (χ0n) is 20.2. The molecule has 0 saturated heterocycles. The fourth-order valence-corrected chi connectivity index (χ4v) is 3.66. The SMILES string of the molecule is Cc1cc(-c2cccc(C#N)c2)cc(F)c1F.Cc1cc(Br)cc(F)c1F.N#Cc1cccc(B(O)O)c1. The smallest absolute Gasteiger partial charge is 0.423 e. The van der Waals surface area contributed by atoms with E-state index in [0.717, 1.165) is 12.1 Å². The number of hydrogen-bond donors (Lipinski definition) is 2. The van der Waals surface area contributed by atoms with Gasteiger partial charge in [-0.3, -0.25) is 0 Å². The molecule has 0 aliphatic rings. The topological polar surface area (TPSA) is 88.0 Å². The third kappa shape index (κ3) is 8.57. The van der Waals surface area contributed by atoms with Crippen LogP contribution in [0, 0.1) is 59.8 Å². The number of nitriles is 2. The summed E-state index contributed by atoms with van der Waals surface area (Å²) in [5.74, 6) is -3.29. The Balaban J connectivity index is 0.000000211. The highest BCUT2D eigenvalue weighted by Gasteiger charge is 2.10. The van der Waals surface area contributed by atoms with Crippen molar-refractivity contribution in [3.63, 3.8) is 0 Å². The summed E-state index contributed by atoms with van der Waals surface area (Å²) in [7, 11) is -1.50. The van der Waals surface area contributed by atoms with Crippen molar-refractivity contribution in [1.29, 1.82) is 10.5 Å². The predicted octanol–water partition coefficient (Wildman–Crippen LogP) is 6.09. The highest BCUT2D eigenvalue weighted by molar-refractivity contribution is 9.10. The number of rotatable bonds is 2. The number of hydrogen-bond acceptors (Lipinski definition) is 4. The molecule has 2 N–H and O–H groups in total. The number of benzene rings is 4. The minimum Gasteiger partial charge on any atom is -0.423 e. The Labute approximate surface area is 226 Å². The molecule has 192 valence electrons. The van der Waals surface area contributed by atoms with Gasteiger partial charge in [-0.15, -0.1) is 0 Å². The van der Waals surface area contributed by atoms with Gasteiger partial charge in [0.05, 0.1) is 23.3 Å². The molecule has 4 nitrogen and oxygen atoms in total. The molecule has 0 atom stereocenters. The fourth-order valence-electron chi connectivity index (χ4n) is 3.11. The first-order valence-corrected chi connectivity index (χ1v) is 11.7. The van der Waals surface area contributed by atoms with Crippen LogP contribution in [0.2, 0.25) is 0 Å². The van der Waals surface area contributed by atoms with Crippen molar-refractivity contribution >= 4 is 28.5 Å². The van der Waals surface area contributed by atoms with Crippen LogP contribution in [0.1, 0.15) is 22.3 Å². The molecule has 0 bridgehead atoms. The van der Waals surface area contributed by atoms with E-state index in [9.17, 15) is 17.6 Å². The number of nitrogens with zero attached hydrogens (tertiary/aromatic N) is 2. The molecule has 0 aliphatic carbocycles. The maximum Gasteiger partial charge on any atom is 0.488 e. The first kappa shape index (κ1) is 30.3. The molecule has 4 rings (SSSR count). The largest absolute Gasteiger partial charge is 0.488 e. The second-order valence-electron chi connectivity index (χ2n) is 7.91. The average molecular weight is 583 g/mol. The van der Waals surface area contributed by atoms with Crippen LogP contribution in [0.15, 0.2) is 77.3 Å². The van der Waals surface area contributed by atoms with Crippen LogP contribution in [0.25, 0.3) is 11.1 Å². The van der Waals surface area contributed by atoms with Gasteiger partial charge in [-0.05, 0) is 90.1 Å². The molecule has 0 radical (unpaired) electrons. The second kappa shape index (κ2) is 14.1. The van der Waals surface area contributed by atoms with Crippen LogP contribution in [0.3, 0.4) is 0 Å². The summed E-state index contributed by atoms with van der Waals surface area (Å²) < 4.78 is 51.9. The minimum atomic E-state index is -1.50. The summed E-state index contributed by atoms with van der Waals surface area (Å²) in [5, 5.41) is 34.6. The van der Waals surface area contributed by atoms with Gasteiger partial charge in [0.1, 0.15) is 0 Å². The van der Waals surface area contributed by atoms with Crippen molar-refractivity contribution in [1.82, 2.24) is 0 Å². The average Bonchev–Trinajstić information content (AvgIpc) is 2.90. The van der Waals surface area contributed by atoms with E-state index in [2.05, 4.69) is 15.9 Å². The summed E-state index contributed by atoms with van der Waals surface area (Å²) >= 11 is 3.04. The molecule has 0 saturated carbocycles. The summed E-state index contributed by atoms with van der Waals surface area (Å²) in [5.41, 5.74) is 3.09. The highest BCUT2D eigenvalue weighted by Crippen LogP contribution is 2.24. The normalized spacial score (nSPS) is 9.66. The Morgan fingerprint density at radius 1 is 0.684 bits per heavy atom. The Morgan fingerprint density at radius 2 is 1.21 bits per heavy atom. The molecule has 4 aromatic rings. The van der Waals surface area contributed by atoms with Crippen LogP contribution in [0.5, 0.6) is 0 Å². The second-order valence-corrected chi connectivity index (χ2v) is 8.83. The van der Waals surface area contributed by atoms with Crippen molar-refractivity contribution < 1.29 is 27.6 Å². The summed E-state index contributed by atoms with van der Waals surface area (Å²) in [4.78, 5) is 0. The van der Waals surface area contributed by atoms with E-state index in [1.54, 1.807) is 48.5 Å². The van der Waals surface area contributed by atoms with Gasteiger partial charge in [-0.1, -0.05) is 40.2 Å². The van der Waals surface area contributed by atoms with E-state index in [0.29, 0.717) is 37.8 Å². The van der Waals surface area contributed by atoms with E-state index >= 15 is 0 Å². The van der Waals surface area contributed by atoms with Gasteiger partial charge in [0.2, 0.25) is 0 Å². The van der Waals surface area contributed by atoms with Crippen LogP contribution >= 0.6 is 15.9 Å². The first-order valence-electron chi connectivity index (χ1n) is 10.9. The van der Waals surface area contributed by atoms with Crippen molar-refractivity contribution in [2.45, 2.75) is 13.8 Å². The van der Waals surface area contributed by atoms with Gasteiger partial charge in [-0.25, -0.2) is 17.6 Å². The number of halogens is 5. The van der Waals surface area contributed by atoms with Gasteiger partial charge in [0, 0.05) is 4.47 Å². The number of aryl methyl sites for hydroxylation is 2. The Hall–Kier alpha value is -3.96. The quantitative estimate of drug-likeness (QED) is 0.170. The fraction of sp³-hybridized carbons (Fsp3) is 0.0714. The lowest BCUT2D eigenvalue weighted by atomic mass is 9.80. The van der Waals surface area contributed by atoms with Gasteiger partial charge in [0.25, 0.3) is 0 Å². The molecule has 4 aromatic carbocycles. The molecule has 10 heteroatoms. The van der Waals surface area contributed by atoms with Crippen molar-refractivity contribution in [2.75, 3.05) is 0 Å². The molecule has 0 heterocycles. The van der Waals surface area contributed by atoms with Crippen LogP contribution in [-0.4, -0.2) is 17.2 Å². The van der Waals surface area contributed by atoms with Gasteiger partial charge in [0.15, 0.2) is 23.3 Å². The Kier molecular flexibility index (Phi) is 11.2. The summed E-state index contributed by atoms with van der Waals surface area (Å²) in [6.07, 6.45) is 0. The van der Waals surface area contributed by atoms with Crippen LogP contribution < -0.4 is 5.46 Å². The van der Waals surface area contributed by atoms with Gasteiger partial charge >= 0.3 is 7.12 Å². The summed E-state index contributed by atoms with van der Waals surface area (Å²) in [6, 6.07) is 22.2. The van der Waals surface area contributed by atoms with E-state index in [1.807, 2.05) is 12.1 Å². The third-order valence-electron chi connectivity index (χ3n) is 5.02. The molecule has 0 unspecified atom stereocenters. The lowest BCUT2D eigenvalue weighted by molar-refractivity contribution is 0.426. The van der Waals surface area contributed by atoms with Gasteiger partial charge in [-0.2, -0.15) is 10.5 Å². The van der Waals surface area contributed by atoms with Crippen LogP contribution in [0.4, 0.5) is 17.6 Å². The lowest BCUT2D eigenvalue weighted by Gasteiger charge is -2.05. The van der Waals surface area contributed by atoms with Crippen LogP contribution in [-0.2, 0) is 0 Å². The maximum absolute atomic E-state index is 13.3. The van der Waals surface area contributed by atoms with E-state index in [1.165, 1.54) is 26.0 Å². The third-order valence-corrected chi connectivity index (χ3v) is 5.48. The molecule has 0 spiro atoms. The van der Waals surface area contributed by atoms with E-state index < -0.39 is 30.4 Å². The molecule has 38 heavy (non-hydrogen) atoms. The molecule has 0 fully saturated rings. The lowest BCUT2D eigenvalue weighted by Crippen LogP contribution is -2.29. The minimum absolute atomic E-state index is 0.252. The molecule has 0 aliphatic heterocycles. The van der Waals surface area contributed by atoms with Crippen molar-refractivity contribution in [3.05, 3.63) is 123 Å².